The van der Waals surface area contributed by atoms with Gasteiger partial charge in [0.25, 0.3) is 0 Å². The number of hydrogen-bond acceptors (Lipinski definition) is 7. The van der Waals surface area contributed by atoms with Gasteiger partial charge >= 0.3 is 5.69 Å². The summed E-state index contributed by atoms with van der Waals surface area (Å²) in [6.45, 7) is 6.46. The Balaban J connectivity index is 2.36. The number of pyridine rings is 1. The maximum absolute atomic E-state index is 11.2. The summed E-state index contributed by atoms with van der Waals surface area (Å²) in [5.74, 6) is 0.833. The van der Waals surface area contributed by atoms with E-state index in [-0.39, 0.29) is 11.5 Å². The molecule has 0 atom stereocenters. The van der Waals surface area contributed by atoms with E-state index in [0.717, 1.165) is 5.01 Å². The summed E-state index contributed by atoms with van der Waals surface area (Å²) in [5.41, 5.74) is -0.599. The molecule has 0 aliphatic heterocycles. The molecule has 0 aliphatic rings. The first kappa shape index (κ1) is 15.2. The highest BCUT2D eigenvalue weighted by Crippen LogP contribution is 2.31. The van der Waals surface area contributed by atoms with E-state index in [1.165, 1.54) is 17.4 Å². The highest BCUT2D eigenvalue weighted by atomic mass is 32.1. The van der Waals surface area contributed by atoms with Crippen LogP contribution in [0.5, 0.6) is 0 Å². The second-order valence-corrected chi connectivity index (χ2v) is 5.83. The van der Waals surface area contributed by atoms with Crippen LogP contribution in [0.15, 0.2) is 23.7 Å². The zero-order valence-corrected chi connectivity index (χ0v) is 12.9. The summed E-state index contributed by atoms with van der Waals surface area (Å²) in [5, 5.41) is 20.0. The molecule has 2 rings (SSSR count). The van der Waals surface area contributed by atoms with Crippen LogP contribution in [0.25, 0.3) is 0 Å². The third-order valence-electron chi connectivity index (χ3n) is 2.83. The quantitative estimate of drug-likeness (QED) is 0.628. The topological polar surface area (TPSA) is 93.0 Å². The number of nitrogens with zero attached hydrogens (tertiary/aromatic N) is 3. The van der Waals surface area contributed by atoms with Crippen molar-refractivity contribution in [2.75, 3.05) is 17.2 Å². The predicted molar refractivity (Wildman–Crippen MR) is 83.8 cm³/mol. The van der Waals surface area contributed by atoms with Crippen LogP contribution in [-0.4, -0.2) is 21.4 Å². The third-order valence-corrected chi connectivity index (χ3v) is 3.92. The Kier molecular flexibility index (Phi) is 4.37. The standard InChI is InChI=1S/C13H17N5O2S/c1-4-14-10-6-5-9(18(19)20)11(16-10)17-13(2,3)12-15-7-8-21-12/h5-8H,4H2,1-3H3,(H2,14,16,17). The molecule has 112 valence electrons. The lowest BCUT2D eigenvalue weighted by Crippen LogP contribution is -2.28. The first-order valence-corrected chi connectivity index (χ1v) is 7.39. The minimum Gasteiger partial charge on any atom is -0.370 e. The fraction of sp³-hybridized carbons (Fsp3) is 0.385. The van der Waals surface area contributed by atoms with Crippen molar-refractivity contribution in [3.63, 3.8) is 0 Å². The number of thiazole rings is 1. The summed E-state index contributed by atoms with van der Waals surface area (Å²) in [4.78, 5) is 19.3. The highest BCUT2D eigenvalue weighted by molar-refractivity contribution is 7.09. The van der Waals surface area contributed by atoms with E-state index in [4.69, 9.17) is 0 Å². The molecule has 0 aromatic carbocycles. The van der Waals surface area contributed by atoms with Crippen LogP contribution in [0.2, 0.25) is 0 Å². The van der Waals surface area contributed by atoms with Crippen LogP contribution in [0, 0.1) is 10.1 Å². The Morgan fingerprint density at radius 2 is 2.19 bits per heavy atom. The summed E-state index contributed by atoms with van der Waals surface area (Å²) in [7, 11) is 0. The third kappa shape index (κ3) is 3.46. The van der Waals surface area contributed by atoms with Gasteiger partial charge in [-0.15, -0.1) is 11.3 Å². The lowest BCUT2D eigenvalue weighted by atomic mass is 10.1. The van der Waals surface area contributed by atoms with Crippen LogP contribution in [0.4, 0.5) is 17.3 Å². The van der Waals surface area contributed by atoms with Crippen molar-refractivity contribution in [2.45, 2.75) is 26.3 Å². The normalized spacial score (nSPS) is 11.2. The average molecular weight is 307 g/mol. The second kappa shape index (κ2) is 6.04. The molecule has 0 spiro atoms. The SMILES string of the molecule is CCNc1ccc([N+](=O)[O-])c(NC(C)(C)c2nccs2)n1. The molecule has 0 saturated heterocycles. The van der Waals surface area contributed by atoms with E-state index in [9.17, 15) is 10.1 Å². The molecule has 2 heterocycles. The van der Waals surface area contributed by atoms with Gasteiger partial charge in [0.05, 0.1) is 10.5 Å². The molecule has 8 heteroatoms. The number of nitrogens with one attached hydrogen (secondary N) is 2. The molecule has 7 nitrogen and oxygen atoms in total. The van der Waals surface area contributed by atoms with Gasteiger partial charge in [-0.1, -0.05) is 0 Å². The van der Waals surface area contributed by atoms with Crippen molar-refractivity contribution >= 4 is 28.7 Å². The van der Waals surface area contributed by atoms with Crippen molar-refractivity contribution < 1.29 is 4.92 Å². The highest BCUT2D eigenvalue weighted by Gasteiger charge is 2.27. The Bertz CT molecular complexity index is 627. The van der Waals surface area contributed by atoms with Gasteiger partial charge in [0.15, 0.2) is 0 Å². The zero-order chi connectivity index (χ0) is 15.5. The first-order valence-electron chi connectivity index (χ1n) is 6.51. The van der Waals surface area contributed by atoms with Gasteiger partial charge in [-0.25, -0.2) is 9.97 Å². The van der Waals surface area contributed by atoms with Gasteiger partial charge in [-0.3, -0.25) is 10.1 Å². The maximum atomic E-state index is 11.2. The zero-order valence-electron chi connectivity index (χ0n) is 12.1. The number of rotatable bonds is 6. The molecule has 21 heavy (non-hydrogen) atoms. The Hall–Kier alpha value is -2.22. The fourth-order valence-corrected chi connectivity index (χ4v) is 2.57. The second-order valence-electron chi connectivity index (χ2n) is 4.94. The summed E-state index contributed by atoms with van der Waals surface area (Å²) in [6.07, 6.45) is 1.71. The van der Waals surface area contributed by atoms with Crippen LogP contribution in [0.1, 0.15) is 25.8 Å². The monoisotopic (exact) mass is 307 g/mol. The smallest absolute Gasteiger partial charge is 0.311 e. The number of anilines is 2. The van der Waals surface area contributed by atoms with E-state index < -0.39 is 10.5 Å². The van der Waals surface area contributed by atoms with Crippen molar-refractivity contribution in [3.8, 4) is 0 Å². The molecule has 0 aliphatic carbocycles. The van der Waals surface area contributed by atoms with Crippen LogP contribution in [0.3, 0.4) is 0 Å². The molecule has 0 unspecified atom stereocenters. The number of hydrogen-bond donors (Lipinski definition) is 2. The van der Waals surface area contributed by atoms with Gasteiger partial charge in [-0.2, -0.15) is 0 Å². The van der Waals surface area contributed by atoms with E-state index in [0.29, 0.717) is 12.4 Å². The lowest BCUT2D eigenvalue weighted by Gasteiger charge is -2.24. The van der Waals surface area contributed by atoms with Crippen LogP contribution < -0.4 is 10.6 Å². The summed E-state index contributed by atoms with van der Waals surface area (Å²) in [6, 6.07) is 3.05. The largest absolute Gasteiger partial charge is 0.370 e. The molecule has 2 aromatic rings. The van der Waals surface area contributed by atoms with E-state index >= 15 is 0 Å². The first-order chi connectivity index (χ1) is 9.94. The minimum atomic E-state index is -0.545. The number of aromatic nitrogens is 2. The van der Waals surface area contributed by atoms with Crippen molar-refractivity contribution in [3.05, 3.63) is 38.8 Å². The molecule has 2 N–H and O–H groups in total. The summed E-state index contributed by atoms with van der Waals surface area (Å²) < 4.78 is 0. The van der Waals surface area contributed by atoms with E-state index in [1.54, 1.807) is 12.3 Å². The van der Waals surface area contributed by atoms with Crippen LogP contribution in [-0.2, 0) is 5.54 Å². The Morgan fingerprint density at radius 1 is 1.43 bits per heavy atom. The molecule has 0 saturated carbocycles. The van der Waals surface area contributed by atoms with Crippen molar-refractivity contribution in [2.24, 2.45) is 0 Å². The minimum absolute atomic E-state index is 0.0544. The molecular weight excluding hydrogens is 290 g/mol. The molecule has 0 radical (unpaired) electrons. The van der Waals surface area contributed by atoms with E-state index in [2.05, 4.69) is 20.6 Å². The molecule has 0 amide bonds. The average Bonchev–Trinajstić information content (AvgIpc) is 2.93. The number of nitro groups is 1. The van der Waals surface area contributed by atoms with Gasteiger partial charge in [0, 0.05) is 24.2 Å². The summed E-state index contributed by atoms with van der Waals surface area (Å²) >= 11 is 1.49. The Labute approximate surface area is 126 Å². The Morgan fingerprint density at radius 3 is 2.76 bits per heavy atom. The van der Waals surface area contributed by atoms with Gasteiger partial charge in [0.1, 0.15) is 10.8 Å². The fourth-order valence-electron chi connectivity index (χ4n) is 1.85. The molecule has 0 fully saturated rings. The van der Waals surface area contributed by atoms with Gasteiger partial charge < -0.3 is 10.6 Å². The maximum Gasteiger partial charge on any atom is 0.311 e. The van der Waals surface area contributed by atoms with E-state index in [1.807, 2.05) is 26.2 Å². The van der Waals surface area contributed by atoms with Crippen molar-refractivity contribution in [1.82, 2.24) is 9.97 Å². The van der Waals surface area contributed by atoms with Crippen LogP contribution >= 0.6 is 11.3 Å². The predicted octanol–water partition coefficient (Wildman–Crippen LogP) is 3.23. The molecule has 0 bridgehead atoms. The van der Waals surface area contributed by atoms with Gasteiger partial charge in [-0.05, 0) is 26.8 Å². The molecular formula is C13H17N5O2S. The molecule has 2 aromatic heterocycles. The van der Waals surface area contributed by atoms with Gasteiger partial charge in [0.2, 0.25) is 5.82 Å². The lowest BCUT2D eigenvalue weighted by molar-refractivity contribution is -0.384. The van der Waals surface area contributed by atoms with Crippen molar-refractivity contribution in [1.29, 1.82) is 0 Å².